The number of hydrogen-bond acceptors (Lipinski definition) is 8. The Labute approximate surface area is 160 Å². The van der Waals surface area contributed by atoms with E-state index in [1.165, 1.54) is 24.3 Å². The van der Waals surface area contributed by atoms with Crippen molar-refractivity contribution in [2.45, 2.75) is 0 Å². The number of benzene rings is 2. The van der Waals surface area contributed by atoms with Crippen LogP contribution in [0.4, 0.5) is 0 Å². The van der Waals surface area contributed by atoms with Crippen molar-refractivity contribution >= 4 is 12.1 Å². The first-order valence-electron chi connectivity index (χ1n) is 8.06. The van der Waals surface area contributed by atoms with Crippen LogP contribution in [-0.4, -0.2) is 46.0 Å². The first kappa shape index (κ1) is 18.5. The second kappa shape index (κ2) is 8.91. The molecule has 0 fully saturated rings. The maximum atomic E-state index is 12.2. The monoisotopic (exact) mass is 377 g/mol. The van der Waals surface area contributed by atoms with Crippen molar-refractivity contribution in [3.8, 4) is 23.3 Å². The third-order valence-electron chi connectivity index (χ3n) is 3.60. The molecule has 3 aromatic rings. The zero-order valence-corrected chi connectivity index (χ0v) is 14.8. The van der Waals surface area contributed by atoms with Crippen LogP contribution in [0.3, 0.4) is 0 Å². The number of carbonyl (C=O) groups is 1. The Morgan fingerprint density at radius 3 is 2.79 bits per heavy atom. The molecule has 3 rings (SSSR count). The third-order valence-corrected chi connectivity index (χ3v) is 3.60. The number of rotatable bonds is 7. The lowest BCUT2D eigenvalue weighted by molar-refractivity contribution is 0.0955. The van der Waals surface area contributed by atoms with Crippen molar-refractivity contribution in [2.75, 3.05) is 13.7 Å². The quantitative estimate of drug-likeness (QED) is 0.486. The highest BCUT2D eigenvalue weighted by molar-refractivity contribution is 5.95. The van der Waals surface area contributed by atoms with Crippen molar-refractivity contribution in [2.24, 2.45) is 5.10 Å². The van der Waals surface area contributed by atoms with Gasteiger partial charge in [-0.1, -0.05) is 0 Å². The number of tetrazole rings is 1. The summed E-state index contributed by atoms with van der Waals surface area (Å²) in [6.07, 6.45) is 2.94. The molecule has 10 nitrogen and oxygen atoms in total. The molecule has 1 aromatic heterocycles. The lowest BCUT2D eigenvalue weighted by Gasteiger charge is -2.08. The van der Waals surface area contributed by atoms with Crippen LogP contribution in [0.5, 0.6) is 11.5 Å². The van der Waals surface area contributed by atoms with E-state index in [0.29, 0.717) is 22.6 Å². The first-order valence-corrected chi connectivity index (χ1v) is 8.06. The molecule has 0 radical (unpaired) electrons. The summed E-state index contributed by atoms with van der Waals surface area (Å²) in [7, 11) is 1.50. The molecule has 0 aliphatic heterocycles. The largest absolute Gasteiger partial charge is 0.493 e. The van der Waals surface area contributed by atoms with E-state index in [1.54, 1.807) is 42.5 Å². The lowest BCUT2D eigenvalue weighted by Crippen LogP contribution is -2.17. The Morgan fingerprint density at radius 1 is 1.29 bits per heavy atom. The van der Waals surface area contributed by atoms with Gasteiger partial charge in [-0.05, 0) is 58.5 Å². The fourth-order valence-corrected chi connectivity index (χ4v) is 2.27. The standard InChI is InChI=1S/C18H15N7O3/c1-27-17-10-13(2-7-16(17)28-9-8-19)11-20-22-18(26)14-3-5-15(6-4-14)25-12-21-23-24-25/h2-7,10-12H,9H2,1H3,(H,22,26). The molecular formula is C18H15N7O3. The summed E-state index contributed by atoms with van der Waals surface area (Å²) in [5, 5.41) is 23.4. The molecule has 2 aromatic carbocycles. The summed E-state index contributed by atoms with van der Waals surface area (Å²) in [6.45, 7) is -0.0773. The van der Waals surface area contributed by atoms with E-state index >= 15 is 0 Å². The summed E-state index contributed by atoms with van der Waals surface area (Å²) in [4.78, 5) is 12.2. The van der Waals surface area contributed by atoms with E-state index in [4.69, 9.17) is 14.7 Å². The second-order valence-corrected chi connectivity index (χ2v) is 5.36. The fraction of sp³-hybridized carbons (Fsp3) is 0.111. The molecule has 28 heavy (non-hydrogen) atoms. The van der Waals surface area contributed by atoms with Crippen molar-refractivity contribution < 1.29 is 14.3 Å². The molecule has 0 atom stereocenters. The number of hydrazone groups is 1. The molecule has 1 amide bonds. The van der Waals surface area contributed by atoms with Gasteiger partial charge in [0.25, 0.3) is 5.91 Å². The van der Waals surface area contributed by atoms with Gasteiger partial charge in [-0.3, -0.25) is 4.79 Å². The zero-order valence-electron chi connectivity index (χ0n) is 14.8. The highest BCUT2D eigenvalue weighted by atomic mass is 16.5. The highest BCUT2D eigenvalue weighted by Gasteiger charge is 2.07. The molecular weight excluding hydrogens is 362 g/mol. The number of methoxy groups -OCH3 is 1. The summed E-state index contributed by atoms with van der Waals surface area (Å²) in [5.74, 6) is 0.553. The van der Waals surface area contributed by atoms with E-state index in [9.17, 15) is 4.79 Å². The number of ether oxygens (including phenoxy) is 2. The molecule has 0 saturated heterocycles. The molecule has 0 spiro atoms. The SMILES string of the molecule is COc1cc(C=NNC(=O)c2ccc(-n3cnnn3)cc2)ccc1OCC#N. The number of aromatic nitrogens is 4. The highest BCUT2D eigenvalue weighted by Crippen LogP contribution is 2.27. The van der Waals surface area contributed by atoms with Gasteiger partial charge in [0.1, 0.15) is 12.4 Å². The third kappa shape index (κ3) is 4.47. The van der Waals surface area contributed by atoms with Crippen LogP contribution < -0.4 is 14.9 Å². The Balaban J connectivity index is 1.62. The number of carbonyl (C=O) groups excluding carboxylic acids is 1. The van der Waals surface area contributed by atoms with Crippen molar-refractivity contribution in [1.29, 1.82) is 5.26 Å². The van der Waals surface area contributed by atoms with Gasteiger partial charge in [0.15, 0.2) is 18.1 Å². The van der Waals surface area contributed by atoms with E-state index in [-0.39, 0.29) is 12.5 Å². The van der Waals surface area contributed by atoms with Crippen LogP contribution in [0.2, 0.25) is 0 Å². The van der Waals surface area contributed by atoms with Crippen LogP contribution in [0.25, 0.3) is 5.69 Å². The van der Waals surface area contributed by atoms with Crippen LogP contribution in [0, 0.1) is 11.3 Å². The van der Waals surface area contributed by atoms with E-state index in [2.05, 4.69) is 26.1 Å². The van der Waals surface area contributed by atoms with Crippen LogP contribution in [0.15, 0.2) is 53.9 Å². The molecule has 0 bridgehead atoms. The van der Waals surface area contributed by atoms with Gasteiger partial charge in [-0.2, -0.15) is 10.4 Å². The van der Waals surface area contributed by atoms with Gasteiger partial charge in [-0.15, -0.1) is 5.10 Å². The molecule has 0 aliphatic rings. The zero-order chi connectivity index (χ0) is 19.8. The topological polar surface area (TPSA) is 127 Å². The number of nitrogens with zero attached hydrogens (tertiary/aromatic N) is 6. The number of nitrogens with one attached hydrogen (secondary N) is 1. The van der Waals surface area contributed by atoms with Gasteiger partial charge in [0, 0.05) is 5.56 Å². The maximum Gasteiger partial charge on any atom is 0.271 e. The predicted molar refractivity (Wildman–Crippen MR) is 98.3 cm³/mol. The Bertz CT molecular complexity index is 1010. The van der Waals surface area contributed by atoms with Crippen molar-refractivity contribution in [3.63, 3.8) is 0 Å². The average Bonchev–Trinajstić information content (AvgIpc) is 3.27. The predicted octanol–water partition coefficient (Wildman–Crippen LogP) is 1.34. The molecule has 1 N–H and O–H groups in total. The number of nitriles is 1. The number of amides is 1. The Kier molecular flexibility index (Phi) is 5.89. The summed E-state index contributed by atoms with van der Waals surface area (Å²) in [5.41, 5.74) is 4.32. The van der Waals surface area contributed by atoms with Crippen LogP contribution in [-0.2, 0) is 0 Å². The van der Waals surface area contributed by atoms with E-state index in [0.717, 1.165) is 5.69 Å². The summed E-state index contributed by atoms with van der Waals surface area (Å²) in [6, 6.07) is 13.7. The van der Waals surface area contributed by atoms with Gasteiger partial charge in [0.2, 0.25) is 0 Å². The van der Waals surface area contributed by atoms with Crippen LogP contribution in [0.1, 0.15) is 15.9 Å². The maximum absolute atomic E-state index is 12.2. The lowest BCUT2D eigenvalue weighted by atomic mass is 10.2. The minimum atomic E-state index is -0.361. The smallest absolute Gasteiger partial charge is 0.271 e. The Morgan fingerprint density at radius 2 is 2.11 bits per heavy atom. The summed E-state index contributed by atoms with van der Waals surface area (Å²) < 4.78 is 12.0. The first-order chi connectivity index (χ1) is 13.7. The van der Waals surface area contributed by atoms with E-state index in [1.807, 2.05) is 6.07 Å². The molecule has 0 unspecified atom stereocenters. The average molecular weight is 377 g/mol. The van der Waals surface area contributed by atoms with E-state index < -0.39 is 0 Å². The van der Waals surface area contributed by atoms with Gasteiger partial charge >= 0.3 is 0 Å². The molecule has 0 saturated carbocycles. The fourth-order valence-electron chi connectivity index (χ4n) is 2.27. The molecule has 1 heterocycles. The van der Waals surface area contributed by atoms with Gasteiger partial charge < -0.3 is 9.47 Å². The van der Waals surface area contributed by atoms with Gasteiger partial charge in [0.05, 0.1) is 19.0 Å². The van der Waals surface area contributed by atoms with Gasteiger partial charge in [-0.25, -0.2) is 10.1 Å². The minimum Gasteiger partial charge on any atom is -0.493 e. The minimum absolute atomic E-state index is 0.0773. The molecule has 10 heteroatoms. The normalized spacial score (nSPS) is 10.4. The second-order valence-electron chi connectivity index (χ2n) is 5.36. The van der Waals surface area contributed by atoms with Crippen molar-refractivity contribution in [1.82, 2.24) is 25.6 Å². The number of hydrogen-bond donors (Lipinski definition) is 1. The van der Waals surface area contributed by atoms with Crippen molar-refractivity contribution in [3.05, 3.63) is 59.9 Å². The molecule has 0 aliphatic carbocycles. The summed E-state index contributed by atoms with van der Waals surface area (Å²) >= 11 is 0. The molecule has 140 valence electrons. The van der Waals surface area contributed by atoms with Crippen LogP contribution >= 0.6 is 0 Å². The Hall–Kier alpha value is -4.26.